The quantitative estimate of drug-likeness (QED) is 0.405. The molecule has 0 fully saturated rings. The highest BCUT2D eigenvalue weighted by atomic mass is 16.5. The summed E-state index contributed by atoms with van der Waals surface area (Å²) >= 11 is 0. The number of hydrogen-bond donors (Lipinski definition) is 3. The number of nitrogens with one attached hydrogen (secondary N) is 2. The van der Waals surface area contributed by atoms with E-state index in [2.05, 4.69) is 10.6 Å². The molecule has 0 rings (SSSR count). The molecule has 98 valence electrons. The summed E-state index contributed by atoms with van der Waals surface area (Å²) < 4.78 is 4.80. The molecular weight excluding hydrogens is 224 g/mol. The smallest absolute Gasteiger partial charge is 0.328 e. The Morgan fingerprint density at radius 1 is 1.47 bits per heavy atom. The number of hydrogen-bond acceptors (Lipinski definition) is 4. The van der Waals surface area contributed by atoms with Gasteiger partial charge in [-0.1, -0.05) is 5.57 Å². The van der Waals surface area contributed by atoms with Crippen molar-refractivity contribution < 1.29 is 19.4 Å². The average molecular weight is 244 g/mol. The zero-order valence-electron chi connectivity index (χ0n) is 10.4. The molecule has 0 saturated carbocycles. The lowest BCUT2D eigenvalue weighted by Gasteiger charge is -2.13. The number of methoxy groups -OCH3 is 1. The van der Waals surface area contributed by atoms with Gasteiger partial charge in [-0.3, -0.25) is 4.79 Å². The molecule has 0 aromatic heterocycles. The van der Waals surface area contributed by atoms with Crippen LogP contribution in [0, 0.1) is 0 Å². The van der Waals surface area contributed by atoms with Crippen molar-refractivity contribution in [2.24, 2.45) is 0 Å². The van der Waals surface area contributed by atoms with Crippen LogP contribution in [0.2, 0.25) is 0 Å². The summed E-state index contributed by atoms with van der Waals surface area (Å²) in [7, 11) is 1.56. The Morgan fingerprint density at radius 3 is 2.65 bits per heavy atom. The third kappa shape index (κ3) is 8.41. The van der Waals surface area contributed by atoms with E-state index >= 15 is 0 Å². The minimum absolute atomic E-state index is 0.134. The lowest BCUT2D eigenvalue weighted by atomic mass is 10.2. The first-order chi connectivity index (χ1) is 7.97. The normalized spacial score (nSPS) is 13.2. The minimum atomic E-state index is -0.985. The first-order valence-corrected chi connectivity index (χ1v) is 5.37. The van der Waals surface area contributed by atoms with Crippen LogP contribution in [0.15, 0.2) is 11.6 Å². The molecule has 0 spiro atoms. The Morgan fingerprint density at radius 2 is 2.12 bits per heavy atom. The number of ether oxygens (including phenoxy) is 1. The summed E-state index contributed by atoms with van der Waals surface area (Å²) in [5, 5.41) is 14.1. The van der Waals surface area contributed by atoms with Crippen molar-refractivity contribution in [3.8, 4) is 0 Å². The van der Waals surface area contributed by atoms with Gasteiger partial charge in [-0.05, 0) is 13.8 Å². The Balaban J connectivity index is 3.88. The van der Waals surface area contributed by atoms with Gasteiger partial charge >= 0.3 is 5.97 Å². The van der Waals surface area contributed by atoms with Crippen LogP contribution in [0.5, 0.6) is 0 Å². The van der Waals surface area contributed by atoms with E-state index < -0.39 is 5.97 Å². The van der Waals surface area contributed by atoms with Crippen LogP contribution < -0.4 is 10.6 Å². The lowest BCUT2D eigenvalue weighted by Crippen LogP contribution is -2.43. The molecule has 3 N–H and O–H groups in total. The maximum Gasteiger partial charge on any atom is 0.328 e. The molecule has 1 atom stereocenters. The zero-order valence-corrected chi connectivity index (χ0v) is 10.4. The highest BCUT2D eigenvalue weighted by Crippen LogP contribution is 1.91. The van der Waals surface area contributed by atoms with Crippen molar-refractivity contribution in [2.75, 3.05) is 26.8 Å². The molecule has 0 aliphatic heterocycles. The number of rotatable bonds is 8. The summed E-state index contributed by atoms with van der Waals surface area (Å²) in [5.74, 6) is -1.12. The Kier molecular flexibility index (Phi) is 8.00. The van der Waals surface area contributed by atoms with E-state index in [0.29, 0.717) is 25.3 Å². The van der Waals surface area contributed by atoms with Gasteiger partial charge in [0.25, 0.3) is 0 Å². The first-order valence-electron chi connectivity index (χ1n) is 5.37. The highest BCUT2D eigenvalue weighted by Gasteiger charge is 2.11. The number of amides is 1. The average Bonchev–Trinajstić information content (AvgIpc) is 2.25. The maximum atomic E-state index is 11.5. The molecular formula is C11H20N2O4. The van der Waals surface area contributed by atoms with Crippen molar-refractivity contribution >= 4 is 11.9 Å². The molecule has 0 aromatic rings. The van der Waals surface area contributed by atoms with Crippen molar-refractivity contribution in [3.05, 3.63) is 11.6 Å². The summed E-state index contributed by atoms with van der Waals surface area (Å²) in [6.45, 7) is 4.71. The van der Waals surface area contributed by atoms with E-state index in [0.717, 1.165) is 6.08 Å². The van der Waals surface area contributed by atoms with Crippen LogP contribution in [-0.2, 0) is 14.3 Å². The van der Waals surface area contributed by atoms with Gasteiger partial charge in [0.1, 0.15) is 0 Å². The van der Waals surface area contributed by atoms with E-state index in [-0.39, 0.29) is 11.9 Å². The van der Waals surface area contributed by atoms with Crippen LogP contribution in [0.25, 0.3) is 0 Å². The van der Waals surface area contributed by atoms with E-state index in [4.69, 9.17) is 9.84 Å². The second kappa shape index (κ2) is 8.72. The van der Waals surface area contributed by atoms with E-state index in [1.165, 1.54) is 0 Å². The molecule has 6 nitrogen and oxygen atoms in total. The standard InChI is InChI=1S/C11H20N2O4/c1-8(6-10(14)15)7-13-9(2)11(16)12-4-5-17-3/h6,9,13H,4-5,7H2,1-3H3,(H,12,16)(H,14,15). The van der Waals surface area contributed by atoms with E-state index in [1.54, 1.807) is 21.0 Å². The zero-order chi connectivity index (χ0) is 13.3. The van der Waals surface area contributed by atoms with Crippen LogP contribution in [-0.4, -0.2) is 49.8 Å². The lowest BCUT2D eigenvalue weighted by molar-refractivity contribution is -0.131. The molecule has 0 radical (unpaired) electrons. The molecule has 6 heteroatoms. The molecule has 17 heavy (non-hydrogen) atoms. The van der Waals surface area contributed by atoms with Gasteiger partial charge in [0.15, 0.2) is 0 Å². The van der Waals surface area contributed by atoms with Gasteiger partial charge in [0, 0.05) is 26.3 Å². The summed E-state index contributed by atoms with van der Waals surface area (Å²) in [5.41, 5.74) is 0.661. The second-order valence-electron chi connectivity index (χ2n) is 3.72. The second-order valence-corrected chi connectivity index (χ2v) is 3.72. The summed E-state index contributed by atoms with van der Waals surface area (Å²) in [4.78, 5) is 21.9. The Labute approximate surface area is 101 Å². The van der Waals surface area contributed by atoms with Crippen molar-refractivity contribution in [3.63, 3.8) is 0 Å². The monoisotopic (exact) mass is 244 g/mol. The maximum absolute atomic E-state index is 11.5. The van der Waals surface area contributed by atoms with Crippen molar-refractivity contribution in [1.29, 1.82) is 0 Å². The molecule has 0 aromatic carbocycles. The Bertz CT molecular complexity index is 289. The third-order valence-corrected chi connectivity index (χ3v) is 2.06. The SMILES string of the molecule is COCCNC(=O)C(C)NCC(C)=CC(=O)O. The van der Waals surface area contributed by atoms with Crippen LogP contribution in [0.3, 0.4) is 0 Å². The number of carboxylic acids is 1. The fourth-order valence-electron chi connectivity index (χ4n) is 1.10. The van der Waals surface area contributed by atoms with Crippen LogP contribution in [0.1, 0.15) is 13.8 Å². The van der Waals surface area contributed by atoms with Crippen molar-refractivity contribution in [2.45, 2.75) is 19.9 Å². The first kappa shape index (κ1) is 15.6. The fraction of sp³-hybridized carbons (Fsp3) is 0.636. The minimum Gasteiger partial charge on any atom is -0.478 e. The number of carbonyl (C=O) groups is 2. The number of carboxylic acid groups (broad SMARTS) is 1. The highest BCUT2D eigenvalue weighted by molar-refractivity contribution is 5.81. The van der Waals surface area contributed by atoms with Gasteiger partial charge in [0.2, 0.25) is 5.91 Å². The van der Waals surface area contributed by atoms with Crippen molar-refractivity contribution in [1.82, 2.24) is 10.6 Å². The molecule has 0 saturated heterocycles. The molecule has 1 unspecified atom stereocenters. The predicted molar refractivity (Wildman–Crippen MR) is 63.7 cm³/mol. The van der Waals surface area contributed by atoms with Gasteiger partial charge < -0.3 is 20.5 Å². The molecule has 1 amide bonds. The topological polar surface area (TPSA) is 87.7 Å². The largest absolute Gasteiger partial charge is 0.478 e. The van der Waals surface area contributed by atoms with E-state index in [1.807, 2.05) is 0 Å². The predicted octanol–water partition coefficient (Wildman–Crippen LogP) is -0.242. The van der Waals surface area contributed by atoms with Gasteiger partial charge in [-0.2, -0.15) is 0 Å². The van der Waals surface area contributed by atoms with Gasteiger partial charge in [-0.25, -0.2) is 4.79 Å². The van der Waals surface area contributed by atoms with Crippen LogP contribution in [0.4, 0.5) is 0 Å². The number of carbonyl (C=O) groups excluding carboxylic acids is 1. The number of aliphatic carboxylic acids is 1. The third-order valence-electron chi connectivity index (χ3n) is 2.06. The molecule has 0 heterocycles. The summed E-state index contributed by atoms with van der Waals surface area (Å²) in [6, 6.07) is -0.371. The molecule has 0 aliphatic carbocycles. The Hall–Kier alpha value is -1.40. The van der Waals surface area contributed by atoms with E-state index in [9.17, 15) is 9.59 Å². The molecule has 0 bridgehead atoms. The van der Waals surface area contributed by atoms with Crippen LogP contribution >= 0.6 is 0 Å². The molecule has 0 aliphatic rings. The fourth-order valence-corrected chi connectivity index (χ4v) is 1.10. The van der Waals surface area contributed by atoms with Gasteiger partial charge in [0.05, 0.1) is 12.6 Å². The van der Waals surface area contributed by atoms with Gasteiger partial charge in [-0.15, -0.1) is 0 Å². The summed E-state index contributed by atoms with van der Waals surface area (Å²) in [6.07, 6.45) is 1.11.